The van der Waals surface area contributed by atoms with Gasteiger partial charge in [-0.15, -0.1) is 0 Å². The van der Waals surface area contributed by atoms with Crippen molar-refractivity contribution < 1.29 is 42.1 Å². The van der Waals surface area contributed by atoms with Crippen molar-refractivity contribution in [1.29, 1.82) is 0 Å². The van der Waals surface area contributed by atoms with Crippen molar-refractivity contribution in [3.8, 4) is 0 Å². The van der Waals surface area contributed by atoms with Crippen molar-refractivity contribution in [1.82, 2.24) is 0 Å². The summed E-state index contributed by atoms with van der Waals surface area (Å²) in [5.74, 6) is -0.976. The van der Waals surface area contributed by atoms with Gasteiger partial charge in [-0.3, -0.25) is 14.2 Å². The highest BCUT2D eigenvalue weighted by Gasteiger charge is 2.21. The Kier molecular flexibility index (Phi) is 46.1. The van der Waals surface area contributed by atoms with Crippen LogP contribution < -0.4 is 4.89 Å². The number of phosphoric ester groups is 1. The molecule has 0 heterocycles. The number of likely N-dealkylation sites (N-methyl/N-ethyl adjacent to an activating group) is 1. The summed E-state index contributed by atoms with van der Waals surface area (Å²) in [4.78, 5) is 37.6. The standard InChI is InChI=1S/C56H102NO8P/c1-6-8-10-12-14-16-18-20-22-23-24-25-26-27-28-29-30-31-32-33-35-36-38-40-42-44-46-48-55(58)62-52-54(53-64-66(60,61)63-51-50-57(3,4)5)65-56(59)49-47-45-43-41-39-37-34-21-19-17-15-13-11-9-7-2/h9,11,15,17,21,34,39,41,45,47,54H,6-8,10,12-14,16,18-20,22-33,35-38,40,42-44,46,48-53H2,1-5H3/b11-9-,17-15-,34-21-,41-39-,47-45-. The Labute approximate surface area is 406 Å². The van der Waals surface area contributed by atoms with Gasteiger partial charge in [0.05, 0.1) is 34.2 Å². The van der Waals surface area contributed by atoms with Crippen LogP contribution in [0, 0.1) is 0 Å². The third kappa shape index (κ3) is 51.1. The number of rotatable bonds is 49. The van der Waals surface area contributed by atoms with Crippen LogP contribution in [-0.2, 0) is 32.7 Å². The normalized spacial score (nSPS) is 13.8. The molecule has 0 amide bonds. The lowest BCUT2D eigenvalue weighted by Crippen LogP contribution is -2.37. The molecule has 0 saturated heterocycles. The van der Waals surface area contributed by atoms with Crippen LogP contribution >= 0.6 is 7.82 Å². The lowest BCUT2D eigenvalue weighted by atomic mass is 10.0. The molecule has 10 heteroatoms. The van der Waals surface area contributed by atoms with Crippen molar-refractivity contribution in [2.45, 2.75) is 238 Å². The number of carbonyl (C=O) groups excluding carboxylic acids is 2. The predicted molar refractivity (Wildman–Crippen MR) is 277 cm³/mol. The molecule has 0 spiro atoms. The van der Waals surface area contributed by atoms with Crippen LogP contribution in [0.15, 0.2) is 60.8 Å². The van der Waals surface area contributed by atoms with Crippen LogP contribution in [0.3, 0.4) is 0 Å². The lowest BCUT2D eigenvalue weighted by molar-refractivity contribution is -0.870. The van der Waals surface area contributed by atoms with Gasteiger partial charge in [-0.05, 0) is 38.5 Å². The van der Waals surface area contributed by atoms with E-state index in [-0.39, 0.29) is 26.1 Å². The summed E-state index contributed by atoms with van der Waals surface area (Å²) in [6.07, 6.45) is 60.3. The van der Waals surface area contributed by atoms with E-state index in [1.54, 1.807) is 6.08 Å². The largest absolute Gasteiger partial charge is 0.756 e. The fourth-order valence-electron chi connectivity index (χ4n) is 7.44. The highest BCUT2D eigenvalue weighted by atomic mass is 31.2. The number of esters is 2. The summed E-state index contributed by atoms with van der Waals surface area (Å²) in [5.41, 5.74) is 0. The molecule has 0 aliphatic rings. The molecule has 9 nitrogen and oxygen atoms in total. The minimum Gasteiger partial charge on any atom is -0.756 e. The summed E-state index contributed by atoms with van der Waals surface area (Å²) < 4.78 is 33.9. The van der Waals surface area contributed by atoms with Gasteiger partial charge in [0.1, 0.15) is 19.8 Å². The van der Waals surface area contributed by atoms with Crippen molar-refractivity contribution in [3.63, 3.8) is 0 Å². The number of ether oxygens (including phenoxy) is 2. The summed E-state index contributed by atoms with van der Waals surface area (Å²) in [6.45, 7) is 4.03. The van der Waals surface area contributed by atoms with E-state index in [4.69, 9.17) is 18.5 Å². The zero-order chi connectivity index (χ0) is 48.5. The van der Waals surface area contributed by atoms with Crippen molar-refractivity contribution in [2.24, 2.45) is 0 Å². The zero-order valence-corrected chi connectivity index (χ0v) is 44.3. The summed E-state index contributed by atoms with van der Waals surface area (Å²) >= 11 is 0. The molecule has 0 aromatic carbocycles. The third-order valence-corrected chi connectivity index (χ3v) is 12.5. The lowest BCUT2D eigenvalue weighted by Gasteiger charge is -2.28. The smallest absolute Gasteiger partial charge is 0.310 e. The number of quaternary nitrogens is 1. The topological polar surface area (TPSA) is 111 Å². The Hall–Kier alpha value is -2.29. The first-order valence-corrected chi connectivity index (χ1v) is 28.5. The number of phosphoric acid groups is 1. The minimum atomic E-state index is -4.66. The van der Waals surface area contributed by atoms with Gasteiger partial charge >= 0.3 is 11.9 Å². The van der Waals surface area contributed by atoms with Gasteiger partial charge < -0.3 is 27.9 Å². The Morgan fingerprint density at radius 3 is 1.23 bits per heavy atom. The third-order valence-electron chi connectivity index (χ3n) is 11.6. The molecule has 2 unspecified atom stereocenters. The Morgan fingerprint density at radius 2 is 0.848 bits per heavy atom. The molecule has 0 aromatic rings. The number of allylic oxidation sites excluding steroid dienone is 9. The number of carbonyl (C=O) groups is 2. The van der Waals surface area contributed by atoms with Crippen molar-refractivity contribution >= 4 is 19.8 Å². The highest BCUT2D eigenvalue weighted by molar-refractivity contribution is 7.45. The van der Waals surface area contributed by atoms with E-state index < -0.39 is 32.5 Å². The Morgan fingerprint density at radius 1 is 0.485 bits per heavy atom. The molecule has 0 saturated carbocycles. The first-order chi connectivity index (χ1) is 32.0. The average molecular weight is 948 g/mol. The number of hydrogen-bond donors (Lipinski definition) is 0. The van der Waals surface area contributed by atoms with Crippen molar-refractivity contribution in [3.05, 3.63) is 60.8 Å². The molecule has 66 heavy (non-hydrogen) atoms. The zero-order valence-electron chi connectivity index (χ0n) is 43.4. The summed E-state index contributed by atoms with van der Waals surface area (Å²) in [5, 5.41) is 0. The molecule has 0 aliphatic carbocycles. The van der Waals surface area contributed by atoms with E-state index in [0.717, 1.165) is 44.9 Å². The molecular formula is C56H102NO8P. The van der Waals surface area contributed by atoms with Crippen LogP contribution in [0.2, 0.25) is 0 Å². The summed E-state index contributed by atoms with van der Waals surface area (Å²) in [7, 11) is 1.11. The SMILES string of the molecule is CC/C=C\C/C=C\C/C=C\C/C=C\C/C=C\CC(=O)OC(COC(=O)CCCCCCCCCCCCCCCCCCCCCCCCCCCCC)COP(=O)([O-])OCC[N+](C)(C)C. The first kappa shape index (κ1) is 63.7. The van der Waals surface area contributed by atoms with Crippen LogP contribution in [0.1, 0.15) is 232 Å². The van der Waals surface area contributed by atoms with Crippen LogP contribution in [0.5, 0.6) is 0 Å². The van der Waals surface area contributed by atoms with E-state index in [1.165, 1.54) is 154 Å². The monoisotopic (exact) mass is 948 g/mol. The fraction of sp³-hybridized carbons (Fsp3) is 0.786. The maximum atomic E-state index is 12.7. The molecule has 0 rings (SSSR count). The fourth-order valence-corrected chi connectivity index (χ4v) is 8.17. The molecule has 0 aliphatic heterocycles. The van der Waals surface area contributed by atoms with E-state index in [0.29, 0.717) is 17.4 Å². The molecule has 2 atom stereocenters. The minimum absolute atomic E-state index is 0.00733. The number of unbranched alkanes of at least 4 members (excludes halogenated alkanes) is 26. The predicted octanol–water partition coefficient (Wildman–Crippen LogP) is 15.7. The quantitative estimate of drug-likeness (QED) is 0.0195. The van der Waals surface area contributed by atoms with Gasteiger partial charge in [-0.2, -0.15) is 0 Å². The second-order valence-electron chi connectivity index (χ2n) is 19.2. The second kappa shape index (κ2) is 47.8. The van der Waals surface area contributed by atoms with Gasteiger partial charge in [-0.1, -0.05) is 242 Å². The Balaban J connectivity index is 4.17. The van der Waals surface area contributed by atoms with Gasteiger partial charge in [0.25, 0.3) is 7.82 Å². The summed E-state index contributed by atoms with van der Waals surface area (Å²) in [6, 6.07) is 0. The molecule has 0 aromatic heterocycles. The van der Waals surface area contributed by atoms with E-state index >= 15 is 0 Å². The van der Waals surface area contributed by atoms with Crippen LogP contribution in [-0.4, -0.2) is 70.0 Å². The highest BCUT2D eigenvalue weighted by Crippen LogP contribution is 2.38. The van der Waals surface area contributed by atoms with E-state index in [1.807, 2.05) is 33.3 Å². The maximum Gasteiger partial charge on any atom is 0.310 e. The molecule has 0 N–H and O–H groups in total. The number of nitrogens with zero attached hydrogens (tertiary/aromatic N) is 1. The average Bonchev–Trinajstić information content (AvgIpc) is 3.27. The van der Waals surface area contributed by atoms with Crippen molar-refractivity contribution in [2.75, 3.05) is 47.5 Å². The molecule has 0 radical (unpaired) electrons. The maximum absolute atomic E-state index is 12.7. The number of hydrogen-bond acceptors (Lipinski definition) is 8. The first-order valence-electron chi connectivity index (χ1n) is 27.0. The van der Waals surface area contributed by atoms with Gasteiger partial charge in [0.2, 0.25) is 0 Å². The van der Waals surface area contributed by atoms with Gasteiger partial charge in [0, 0.05) is 6.42 Å². The second-order valence-corrected chi connectivity index (χ2v) is 20.7. The van der Waals surface area contributed by atoms with Gasteiger partial charge in [0.15, 0.2) is 6.10 Å². The van der Waals surface area contributed by atoms with Gasteiger partial charge in [-0.25, -0.2) is 0 Å². The van der Waals surface area contributed by atoms with Crippen LogP contribution in [0.25, 0.3) is 0 Å². The molecule has 384 valence electrons. The molecule has 0 fully saturated rings. The Bertz CT molecular complexity index is 1300. The van der Waals surface area contributed by atoms with Crippen LogP contribution in [0.4, 0.5) is 0 Å². The van der Waals surface area contributed by atoms with E-state index in [2.05, 4.69) is 56.4 Å². The molecular weight excluding hydrogens is 846 g/mol. The molecule has 0 bridgehead atoms. The van der Waals surface area contributed by atoms with E-state index in [9.17, 15) is 19.0 Å².